The maximum Gasteiger partial charge on any atom is 0.191 e. The fraction of sp³-hybridized carbons (Fsp3) is 0.409. The van der Waals surface area contributed by atoms with Crippen molar-refractivity contribution in [2.24, 2.45) is 4.99 Å². The lowest BCUT2D eigenvalue weighted by Gasteiger charge is -2.15. The van der Waals surface area contributed by atoms with Crippen LogP contribution in [-0.4, -0.2) is 45.2 Å². The molecule has 2 aromatic carbocycles. The van der Waals surface area contributed by atoms with Crippen molar-refractivity contribution in [2.45, 2.75) is 26.4 Å². The Kier molecular flexibility index (Phi) is 8.65. The van der Waals surface area contributed by atoms with Crippen LogP contribution in [0.4, 0.5) is 0 Å². The zero-order valence-corrected chi connectivity index (χ0v) is 17.0. The number of rotatable bonds is 9. The molecule has 2 aromatic rings. The Morgan fingerprint density at radius 2 is 1.63 bits per heavy atom. The predicted octanol–water partition coefficient (Wildman–Crippen LogP) is 3.05. The summed E-state index contributed by atoms with van der Waals surface area (Å²) in [6.07, 6.45) is 0.881. The zero-order chi connectivity index (χ0) is 19.5. The van der Waals surface area contributed by atoms with Gasteiger partial charge in [0.15, 0.2) is 5.96 Å². The van der Waals surface area contributed by atoms with E-state index in [0.29, 0.717) is 6.54 Å². The third-order valence-corrected chi connectivity index (χ3v) is 4.24. The van der Waals surface area contributed by atoms with Crippen LogP contribution in [0.15, 0.2) is 53.5 Å². The number of guanidine groups is 1. The number of benzene rings is 2. The Labute approximate surface area is 163 Å². The third kappa shape index (κ3) is 6.94. The Bertz CT molecular complexity index is 728. The van der Waals surface area contributed by atoms with Gasteiger partial charge in [-0.1, -0.05) is 42.5 Å². The van der Waals surface area contributed by atoms with Crippen molar-refractivity contribution in [3.8, 4) is 5.75 Å². The monoisotopic (exact) mass is 368 g/mol. The van der Waals surface area contributed by atoms with Crippen LogP contribution >= 0.6 is 0 Å². The van der Waals surface area contributed by atoms with E-state index in [1.165, 1.54) is 16.7 Å². The van der Waals surface area contributed by atoms with Gasteiger partial charge in [-0.3, -0.25) is 0 Å². The molecule has 0 amide bonds. The highest BCUT2D eigenvalue weighted by atomic mass is 16.5. The van der Waals surface area contributed by atoms with Gasteiger partial charge in [-0.2, -0.15) is 0 Å². The maximum absolute atomic E-state index is 5.42. The van der Waals surface area contributed by atoms with Crippen molar-refractivity contribution in [3.63, 3.8) is 0 Å². The summed E-state index contributed by atoms with van der Waals surface area (Å²) in [5, 5.41) is 6.75. The molecule has 0 bridgehead atoms. The molecule has 27 heavy (non-hydrogen) atoms. The molecule has 0 spiro atoms. The second kappa shape index (κ2) is 11.2. The number of hydrogen-bond acceptors (Lipinski definition) is 3. The topological polar surface area (TPSA) is 48.9 Å². The lowest BCUT2D eigenvalue weighted by atomic mass is 10.1. The molecular formula is C22H32N4O. The van der Waals surface area contributed by atoms with Gasteiger partial charge in [0.1, 0.15) is 5.75 Å². The van der Waals surface area contributed by atoms with Crippen LogP contribution in [0.2, 0.25) is 0 Å². The molecule has 0 atom stereocenters. The summed E-state index contributed by atoms with van der Waals surface area (Å²) in [7, 11) is 5.88. The number of ether oxygens (including phenoxy) is 1. The lowest BCUT2D eigenvalue weighted by Crippen LogP contribution is -2.38. The standard InChI is InChI=1S/C22H32N4O/c1-5-23-22(24-15-14-18-10-8-9-13-21(18)27-4)25-16-19-11-6-7-12-20(19)17-26(2)3/h6-13H,5,14-17H2,1-4H3,(H2,23,24,25). The molecule has 0 saturated carbocycles. The molecule has 5 heteroatoms. The summed E-state index contributed by atoms with van der Waals surface area (Å²) in [6, 6.07) is 16.6. The second-order valence-electron chi connectivity index (χ2n) is 6.69. The van der Waals surface area contributed by atoms with E-state index in [4.69, 9.17) is 9.73 Å². The average molecular weight is 369 g/mol. The number of methoxy groups -OCH3 is 1. The van der Waals surface area contributed by atoms with E-state index in [1.807, 2.05) is 18.2 Å². The van der Waals surface area contributed by atoms with Crippen molar-refractivity contribution < 1.29 is 4.74 Å². The van der Waals surface area contributed by atoms with Crippen molar-refractivity contribution in [1.29, 1.82) is 0 Å². The molecule has 146 valence electrons. The SMILES string of the molecule is CCNC(=NCc1ccccc1CN(C)C)NCCc1ccccc1OC. The third-order valence-electron chi connectivity index (χ3n) is 4.24. The number of aliphatic imine (C=N–C) groups is 1. The van der Waals surface area contributed by atoms with Gasteiger partial charge < -0.3 is 20.3 Å². The van der Waals surface area contributed by atoms with Gasteiger partial charge in [0.05, 0.1) is 13.7 Å². The molecule has 5 nitrogen and oxygen atoms in total. The number of nitrogens with zero attached hydrogens (tertiary/aromatic N) is 2. The Morgan fingerprint density at radius 1 is 0.963 bits per heavy atom. The molecule has 0 aromatic heterocycles. The second-order valence-corrected chi connectivity index (χ2v) is 6.69. The maximum atomic E-state index is 5.42. The van der Waals surface area contributed by atoms with Gasteiger partial charge in [-0.15, -0.1) is 0 Å². The highest BCUT2D eigenvalue weighted by Gasteiger charge is 2.05. The lowest BCUT2D eigenvalue weighted by molar-refractivity contribution is 0.401. The van der Waals surface area contributed by atoms with E-state index in [9.17, 15) is 0 Å². The van der Waals surface area contributed by atoms with E-state index in [0.717, 1.165) is 37.8 Å². The highest BCUT2D eigenvalue weighted by Crippen LogP contribution is 2.17. The first-order valence-corrected chi connectivity index (χ1v) is 9.49. The van der Waals surface area contributed by atoms with Crippen LogP contribution < -0.4 is 15.4 Å². The van der Waals surface area contributed by atoms with Gasteiger partial charge in [-0.05, 0) is 50.2 Å². The van der Waals surface area contributed by atoms with Gasteiger partial charge in [-0.25, -0.2) is 4.99 Å². The van der Waals surface area contributed by atoms with Crippen molar-refractivity contribution in [2.75, 3.05) is 34.3 Å². The normalized spacial score (nSPS) is 11.5. The van der Waals surface area contributed by atoms with Crippen LogP contribution in [0.3, 0.4) is 0 Å². The minimum Gasteiger partial charge on any atom is -0.496 e. The van der Waals surface area contributed by atoms with E-state index in [2.05, 4.69) is 66.9 Å². The first kappa shape index (κ1) is 20.8. The van der Waals surface area contributed by atoms with Crippen LogP contribution in [0.1, 0.15) is 23.6 Å². The van der Waals surface area contributed by atoms with Crippen LogP contribution in [0.25, 0.3) is 0 Å². The average Bonchev–Trinajstić information content (AvgIpc) is 2.67. The molecule has 0 heterocycles. The minimum absolute atomic E-state index is 0.661. The van der Waals surface area contributed by atoms with Crippen LogP contribution in [0, 0.1) is 0 Å². The highest BCUT2D eigenvalue weighted by molar-refractivity contribution is 5.79. The first-order valence-electron chi connectivity index (χ1n) is 9.49. The summed E-state index contributed by atoms with van der Waals surface area (Å²) in [6.45, 7) is 5.29. The molecule has 0 unspecified atom stereocenters. The van der Waals surface area contributed by atoms with Gasteiger partial charge in [0.25, 0.3) is 0 Å². The molecule has 0 aliphatic carbocycles. The number of nitrogens with one attached hydrogen (secondary N) is 2. The number of para-hydroxylation sites is 1. The smallest absolute Gasteiger partial charge is 0.191 e. The molecule has 2 rings (SSSR count). The minimum atomic E-state index is 0.661. The Morgan fingerprint density at radius 3 is 2.30 bits per heavy atom. The largest absolute Gasteiger partial charge is 0.496 e. The van der Waals surface area contributed by atoms with E-state index < -0.39 is 0 Å². The summed E-state index contributed by atoms with van der Waals surface area (Å²) >= 11 is 0. The Hall–Kier alpha value is -2.53. The van der Waals surface area contributed by atoms with Crippen LogP contribution in [-0.2, 0) is 19.5 Å². The molecule has 0 saturated heterocycles. The fourth-order valence-corrected chi connectivity index (χ4v) is 2.94. The van der Waals surface area contributed by atoms with Gasteiger partial charge in [0, 0.05) is 19.6 Å². The first-order chi connectivity index (χ1) is 13.1. The zero-order valence-electron chi connectivity index (χ0n) is 17.0. The molecule has 0 fully saturated rings. The predicted molar refractivity (Wildman–Crippen MR) is 113 cm³/mol. The molecule has 0 aliphatic rings. The molecule has 2 N–H and O–H groups in total. The van der Waals surface area contributed by atoms with Crippen molar-refractivity contribution >= 4 is 5.96 Å². The molecule has 0 radical (unpaired) electrons. The van der Waals surface area contributed by atoms with Crippen molar-refractivity contribution in [3.05, 3.63) is 65.2 Å². The summed E-state index contributed by atoms with van der Waals surface area (Å²) in [4.78, 5) is 6.95. The quantitative estimate of drug-likeness (QED) is 0.528. The summed E-state index contributed by atoms with van der Waals surface area (Å²) < 4.78 is 5.42. The van der Waals surface area contributed by atoms with Crippen molar-refractivity contribution in [1.82, 2.24) is 15.5 Å². The van der Waals surface area contributed by atoms with E-state index >= 15 is 0 Å². The molecule has 0 aliphatic heterocycles. The van der Waals surface area contributed by atoms with E-state index in [-0.39, 0.29) is 0 Å². The molecular weight excluding hydrogens is 336 g/mol. The van der Waals surface area contributed by atoms with Gasteiger partial charge >= 0.3 is 0 Å². The van der Waals surface area contributed by atoms with Crippen LogP contribution in [0.5, 0.6) is 5.75 Å². The summed E-state index contributed by atoms with van der Waals surface area (Å²) in [5.41, 5.74) is 3.77. The summed E-state index contributed by atoms with van der Waals surface area (Å²) in [5.74, 6) is 1.77. The van der Waals surface area contributed by atoms with E-state index in [1.54, 1.807) is 7.11 Å². The fourth-order valence-electron chi connectivity index (χ4n) is 2.94. The number of hydrogen-bond donors (Lipinski definition) is 2. The Balaban J connectivity index is 1.98. The van der Waals surface area contributed by atoms with Gasteiger partial charge in [0.2, 0.25) is 0 Å².